The van der Waals surface area contributed by atoms with Gasteiger partial charge in [0.05, 0.1) is 19.1 Å². The summed E-state index contributed by atoms with van der Waals surface area (Å²) >= 11 is 0. The minimum atomic E-state index is -0.929. The molecule has 0 aromatic heterocycles. The molecule has 0 saturated carbocycles. The van der Waals surface area contributed by atoms with Gasteiger partial charge in [0.2, 0.25) is 5.91 Å². The molecule has 164 valence electrons. The normalized spacial score (nSPS) is 12.2. The van der Waals surface area contributed by atoms with Crippen molar-refractivity contribution in [1.82, 2.24) is 10.2 Å². The van der Waals surface area contributed by atoms with Gasteiger partial charge in [-0.1, -0.05) is 25.3 Å². The number of rotatable bonds is 15. The van der Waals surface area contributed by atoms with Crippen molar-refractivity contribution in [1.29, 1.82) is 0 Å². The first-order chi connectivity index (χ1) is 13.8. The van der Waals surface area contributed by atoms with Gasteiger partial charge < -0.3 is 20.1 Å². The lowest BCUT2D eigenvalue weighted by molar-refractivity contribution is -0.137. The van der Waals surface area contributed by atoms with Gasteiger partial charge in [-0.2, -0.15) is 0 Å². The number of ether oxygens (including phenoxy) is 1. The third-order valence-electron chi connectivity index (χ3n) is 4.34. The van der Waals surface area contributed by atoms with Crippen LogP contribution in [0, 0.1) is 11.6 Å². The van der Waals surface area contributed by atoms with E-state index in [1.165, 1.54) is 12.1 Å². The molecule has 1 aromatic carbocycles. The highest BCUT2D eigenvalue weighted by Crippen LogP contribution is 2.11. The SMILES string of the molecule is CN(C)C[C@@H](CC(=O)O)NC(=O)CCCCCCCOCc1ccc(F)cc1F. The zero-order valence-electron chi connectivity index (χ0n) is 17.3. The number of unbranched alkanes of at least 4 members (excludes halogenated alkanes) is 4. The average molecular weight is 414 g/mol. The topological polar surface area (TPSA) is 78.9 Å². The van der Waals surface area contributed by atoms with E-state index in [1.807, 2.05) is 19.0 Å². The lowest BCUT2D eigenvalue weighted by Crippen LogP contribution is -2.42. The molecule has 0 aliphatic heterocycles. The number of aliphatic carboxylic acids is 1. The van der Waals surface area contributed by atoms with Crippen LogP contribution in [0.15, 0.2) is 18.2 Å². The molecule has 0 fully saturated rings. The molecular formula is C21H32F2N2O4. The Kier molecular flexibility index (Phi) is 12.1. The fraction of sp³-hybridized carbons (Fsp3) is 0.619. The minimum Gasteiger partial charge on any atom is -0.481 e. The summed E-state index contributed by atoms with van der Waals surface area (Å²) in [4.78, 5) is 24.7. The van der Waals surface area contributed by atoms with Crippen LogP contribution in [0.1, 0.15) is 50.5 Å². The molecule has 0 heterocycles. The molecule has 0 spiro atoms. The molecule has 1 atom stereocenters. The molecule has 0 radical (unpaired) electrons. The van der Waals surface area contributed by atoms with Gasteiger partial charge in [0.25, 0.3) is 0 Å². The van der Waals surface area contributed by atoms with E-state index < -0.39 is 23.6 Å². The summed E-state index contributed by atoms with van der Waals surface area (Å²) in [6.07, 6.45) is 4.66. The van der Waals surface area contributed by atoms with Crippen LogP contribution in [-0.4, -0.2) is 55.2 Å². The van der Waals surface area contributed by atoms with Gasteiger partial charge in [-0.3, -0.25) is 9.59 Å². The van der Waals surface area contributed by atoms with Crippen molar-refractivity contribution in [2.75, 3.05) is 27.2 Å². The molecule has 1 aromatic rings. The van der Waals surface area contributed by atoms with E-state index in [2.05, 4.69) is 5.32 Å². The number of likely N-dealkylation sites (N-methyl/N-ethyl adjacent to an activating group) is 1. The summed E-state index contributed by atoms with van der Waals surface area (Å²) in [5, 5.41) is 11.7. The Morgan fingerprint density at radius 2 is 1.83 bits per heavy atom. The fourth-order valence-corrected chi connectivity index (χ4v) is 2.95. The molecule has 0 saturated heterocycles. The predicted molar refractivity (Wildman–Crippen MR) is 106 cm³/mol. The van der Waals surface area contributed by atoms with E-state index in [0.717, 1.165) is 38.2 Å². The van der Waals surface area contributed by atoms with Gasteiger partial charge in [0, 0.05) is 31.2 Å². The number of carboxylic acids is 1. The molecular weight excluding hydrogens is 382 g/mol. The highest BCUT2D eigenvalue weighted by Gasteiger charge is 2.16. The van der Waals surface area contributed by atoms with Gasteiger partial charge in [0.15, 0.2) is 0 Å². The Hall–Kier alpha value is -2.06. The van der Waals surface area contributed by atoms with Gasteiger partial charge in [-0.25, -0.2) is 8.78 Å². The summed E-state index contributed by atoms with van der Waals surface area (Å²) < 4.78 is 31.7. The smallest absolute Gasteiger partial charge is 0.305 e. The molecule has 0 bridgehead atoms. The number of halogens is 2. The first kappa shape index (κ1) is 25.0. The van der Waals surface area contributed by atoms with Crippen molar-refractivity contribution in [3.05, 3.63) is 35.4 Å². The van der Waals surface area contributed by atoms with Crippen molar-refractivity contribution >= 4 is 11.9 Å². The first-order valence-corrected chi connectivity index (χ1v) is 9.95. The van der Waals surface area contributed by atoms with Crippen LogP contribution in [0.5, 0.6) is 0 Å². The lowest BCUT2D eigenvalue weighted by atomic mass is 10.1. The molecule has 6 nitrogen and oxygen atoms in total. The van der Waals surface area contributed by atoms with E-state index in [0.29, 0.717) is 25.1 Å². The van der Waals surface area contributed by atoms with Gasteiger partial charge in [-0.15, -0.1) is 0 Å². The Morgan fingerprint density at radius 3 is 2.48 bits per heavy atom. The quantitative estimate of drug-likeness (QED) is 0.431. The number of hydrogen-bond donors (Lipinski definition) is 2. The van der Waals surface area contributed by atoms with Crippen molar-refractivity contribution in [3.8, 4) is 0 Å². The molecule has 0 aliphatic carbocycles. The third kappa shape index (κ3) is 12.2. The number of carbonyl (C=O) groups excluding carboxylic acids is 1. The summed E-state index contributed by atoms with van der Waals surface area (Å²) in [6, 6.07) is 3.05. The zero-order chi connectivity index (χ0) is 21.6. The summed E-state index contributed by atoms with van der Waals surface area (Å²) in [5.74, 6) is -2.25. The van der Waals surface area contributed by atoms with E-state index in [-0.39, 0.29) is 18.9 Å². The van der Waals surface area contributed by atoms with E-state index in [4.69, 9.17) is 9.84 Å². The molecule has 29 heavy (non-hydrogen) atoms. The lowest BCUT2D eigenvalue weighted by Gasteiger charge is -2.20. The fourth-order valence-electron chi connectivity index (χ4n) is 2.95. The number of benzene rings is 1. The largest absolute Gasteiger partial charge is 0.481 e. The average Bonchev–Trinajstić information content (AvgIpc) is 2.60. The van der Waals surface area contributed by atoms with Crippen molar-refractivity contribution in [3.63, 3.8) is 0 Å². The van der Waals surface area contributed by atoms with E-state index in [1.54, 1.807) is 0 Å². The van der Waals surface area contributed by atoms with Crippen molar-refractivity contribution in [2.24, 2.45) is 0 Å². The Balaban J connectivity index is 2.06. The maximum absolute atomic E-state index is 13.4. The number of nitrogens with one attached hydrogen (secondary N) is 1. The Labute approximate surface area is 171 Å². The summed E-state index contributed by atoms with van der Waals surface area (Å²) in [5.41, 5.74) is 0.341. The van der Waals surface area contributed by atoms with Crippen molar-refractivity contribution in [2.45, 2.75) is 57.6 Å². The molecule has 0 unspecified atom stereocenters. The van der Waals surface area contributed by atoms with Crippen LogP contribution in [0.2, 0.25) is 0 Å². The molecule has 1 amide bonds. The van der Waals surface area contributed by atoms with Gasteiger partial charge >= 0.3 is 5.97 Å². The molecule has 8 heteroatoms. The van der Waals surface area contributed by atoms with Crippen LogP contribution in [0.3, 0.4) is 0 Å². The third-order valence-corrected chi connectivity index (χ3v) is 4.34. The number of amides is 1. The van der Waals surface area contributed by atoms with Crippen LogP contribution in [0.4, 0.5) is 8.78 Å². The Morgan fingerprint density at radius 1 is 1.14 bits per heavy atom. The first-order valence-electron chi connectivity index (χ1n) is 9.95. The van der Waals surface area contributed by atoms with Crippen LogP contribution < -0.4 is 5.32 Å². The van der Waals surface area contributed by atoms with Gasteiger partial charge in [0.1, 0.15) is 11.6 Å². The van der Waals surface area contributed by atoms with Crippen LogP contribution in [0.25, 0.3) is 0 Å². The second kappa shape index (κ2) is 14.0. The van der Waals surface area contributed by atoms with E-state index in [9.17, 15) is 18.4 Å². The highest BCUT2D eigenvalue weighted by molar-refractivity contribution is 5.77. The number of hydrogen-bond acceptors (Lipinski definition) is 4. The second-order valence-electron chi connectivity index (χ2n) is 7.43. The summed E-state index contributed by atoms with van der Waals surface area (Å²) in [6.45, 7) is 1.11. The van der Waals surface area contributed by atoms with E-state index >= 15 is 0 Å². The number of carbonyl (C=O) groups is 2. The van der Waals surface area contributed by atoms with Crippen molar-refractivity contribution < 1.29 is 28.2 Å². The summed E-state index contributed by atoms with van der Waals surface area (Å²) in [7, 11) is 3.67. The maximum Gasteiger partial charge on any atom is 0.305 e. The highest BCUT2D eigenvalue weighted by atomic mass is 19.1. The molecule has 2 N–H and O–H groups in total. The second-order valence-corrected chi connectivity index (χ2v) is 7.43. The number of carboxylic acid groups (broad SMARTS) is 1. The van der Waals surface area contributed by atoms with Gasteiger partial charge in [-0.05, 0) is 33.0 Å². The Bertz CT molecular complexity index is 641. The number of nitrogens with zero attached hydrogens (tertiary/aromatic N) is 1. The maximum atomic E-state index is 13.4. The zero-order valence-corrected chi connectivity index (χ0v) is 17.3. The van der Waals surface area contributed by atoms with Crippen LogP contribution >= 0.6 is 0 Å². The predicted octanol–water partition coefficient (Wildman–Crippen LogP) is 3.34. The monoisotopic (exact) mass is 414 g/mol. The molecule has 0 aliphatic rings. The standard InChI is InChI=1S/C21H32F2N2O4/c1-25(2)14-18(13-21(27)28)24-20(26)8-6-4-3-5-7-11-29-15-16-9-10-17(22)12-19(16)23/h9-10,12,18H,3-8,11,13-15H2,1-2H3,(H,24,26)(H,27,28)/t18-/m1/s1. The minimum absolute atomic E-state index is 0.0915. The molecule has 1 rings (SSSR count). The van der Waals surface area contributed by atoms with Crippen LogP contribution in [-0.2, 0) is 20.9 Å².